The number of primary amides is 1. The summed E-state index contributed by atoms with van der Waals surface area (Å²) >= 11 is 0. The van der Waals surface area contributed by atoms with E-state index in [1.807, 2.05) is 0 Å². The number of carbonyl (C=O) groups excluding carboxylic acids is 5. The molecular formula is C25H26N4O7. The van der Waals surface area contributed by atoms with Crippen LogP contribution in [0.1, 0.15) is 28.8 Å². The number of aromatic hydroxyl groups is 1. The number of phenolic OH excluding ortho intramolecular Hbond substituents is 1. The molecule has 2 saturated carbocycles. The van der Waals surface area contributed by atoms with Crippen LogP contribution in [0.15, 0.2) is 18.6 Å². The lowest BCUT2D eigenvalue weighted by Crippen LogP contribution is -2.68. The molecule has 1 aromatic heterocycles. The van der Waals surface area contributed by atoms with Gasteiger partial charge in [-0.3, -0.25) is 24.0 Å². The van der Waals surface area contributed by atoms with Crippen LogP contribution in [0.25, 0.3) is 11.3 Å². The van der Waals surface area contributed by atoms with Crippen molar-refractivity contribution in [2.75, 3.05) is 19.0 Å². The van der Waals surface area contributed by atoms with Gasteiger partial charge in [0.05, 0.1) is 29.7 Å². The number of phenols is 1. The zero-order valence-electron chi connectivity index (χ0n) is 20.0. The predicted octanol–water partition coefficient (Wildman–Crippen LogP) is -0.207. The van der Waals surface area contributed by atoms with Gasteiger partial charge in [-0.1, -0.05) is 0 Å². The van der Waals surface area contributed by atoms with Gasteiger partial charge in [-0.05, 0) is 30.4 Å². The Labute approximate surface area is 205 Å². The summed E-state index contributed by atoms with van der Waals surface area (Å²) in [5.41, 5.74) is 4.63. The molecule has 0 saturated heterocycles. The third-order valence-corrected chi connectivity index (χ3v) is 7.95. The van der Waals surface area contributed by atoms with Gasteiger partial charge >= 0.3 is 0 Å². The Morgan fingerprint density at radius 1 is 1.19 bits per heavy atom. The number of ketones is 4. The second kappa shape index (κ2) is 7.82. The number of aliphatic hydroxyl groups is 1. The minimum atomic E-state index is -2.67. The number of aryl methyl sites for hydroxylation is 1. The minimum absolute atomic E-state index is 0.0418. The molecule has 11 nitrogen and oxygen atoms in total. The van der Waals surface area contributed by atoms with E-state index in [-0.39, 0.29) is 30.6 Å². The first-order chi connectivity index (χ1) is 16.9. The van der Waals surface area contributed by atoms with Gasteiger partial charge in [0.2, 0.25) is 5.91 Å². The van der Waals surface area contributed by atoms with Gasteiger partial charge in [-0.2, -0.15) is 0 Å². The van der Waals surface area contributed by atoms with Crippen molar-refractivity contribution in [2.24, 2.45) is 36.5 Å². The number of imidazole rings is 1. The molecule has 2 unspecified atom stereocenters. The standard InChI is InChI=1S/C25H26N4O7/c1-28(2)14-7-13(15-8-27-9-29(15)3)20(31)18-12(14)5-10-4-11-6-16(30)19(24(26)35)23(34)25(11,36)22(33)17(10)21(18)32/h7-11,17,19,31,36H,4-6H2,1-3H3,(H2,26,35)/t10-,11+,17?,19?,25+/m1/s1. The monoisotopic (exact) mass is 494 g/mol. The van der Waals surface area contributed by atoms with E-state index in [4.69, 9.17) is 5.73 Å². The van der Waals surface area contributed by atoms with Crippen LogP contribution in [0.2, 0.25) is 0 Å². The highest BCUT2D eigenvalue weighted by Crippen LogP contribution is 2.52. The lowest BCUT2D eigenvalue weighted by atomic mass is 9.53. The fourth-order valence-electron chi connectivity index (χ4n) is 6.23. The number of rotatable bonds is 3. The lowest BCUT2D eigenvalue weighted by molar-refractivity contribution is -0.175. The average Bonchev–Trinajstić information content (AvgIpc) is 3.21. The zero-order valence-corrected chi connectivity index (χ0v) is 20.0. The molecule has 3 aliphatic rings. The molecule has 1 amide bonds. The second-order valence-electron chi connectivity index (χ2n) is 10.2. The predicted molar refractivity (Wildman–Crippen MR) is 125 cm³/mol. The molecule has 0 radical (unpaired) electrons. The van der Waals surface area contributed by atoms with Crippen molar-refractivity contribution in [1.82, 2.24) is 9.55 Å². The molecule has 5 atom stereocenters. The molecule has 188 valence electrons. The molecule has 2 fully saturated rings. The highest BCUT2D eigenvalue weighted by molar-refractivity contribution is 6.31. The number of Topliss-reactive ketones (excluding diaryl/α,β-unsaturated/α-hetero) is 4. The normalized spacial score (nSPS) is 29.4. The van der Waals surface area contributed by atoms with E-state index in [0.29, 0.717) is 22.5 Å². The largest absolute Gasteiger partial charge is 0.506 e. The number of nitrogens with zero attached hydrogens (tertiary/aromatic N) is 3. The first-order valence-corrected chi connectivity index (χ1v) is 11.6. The number of hydrogen-bond acceptors (Lipinski definition) is 9. The Kier molecular flexibility index (Phi) is 5.18. The van der Waals surface area contributed by atoms with Crippen molar-refractivity contribution in [3.05, 3.63) is 29.7 Å². The fourth-order valence-corrected chi connectivity index (χ4v) is 6.23. The maximum atomic E-state index is 13.9. The maximum absolute atomic E-state index is 13.9. The minimum Gasteiger partial charge on any atom is -0.506 e. The molecule has 0 aliphatic heterocycles. The van der Waals surface area contributed by atoms with E-state index in [1.165, 1.54) is 6.20 Å². The van der Waals surface area contributed by atoms with Gasteiger partial charge in [-0.25, -0.2) is 4.98 Å². The number of amides is 1. The number of aromatic nitrogens is 2. The fraction of sp³-hybridized carbons (Fsp3) is 0.440. The molecule has 36 heavy (non-hydrogen) atoms. The summed E-state index contributed by atoms with van der Waals surface area (Å²) in [4.78, 5) is 70.7. The molecule has 5 rings (SSSR count). The lowest BCUT2D eigenvalue weighted by Gasteiger charge is -2.48. The third kappa shape index (κ3) is 3.01. The number of benzene rings is 1. The summed E-state index contributed by atoms with van der Waals surface area (Å²) in [5, 5.41) is 22.6. The summed E-state index contributed by atoms with van der Waals surface area (Å²) in [6, 6.07) is 1.75. The molecule has 1 heterocycles. The van der Waals surface area contributed by atoms with Crippen molar-refractivity contribution in [1.29, 1.82) is 0 Å². The molecule has 2 aromatic rings. The van der Waals surface area contributed by atoms with Crippen LogP contribution in [0.4, 0.5) is 5.69 Å². The van der Waals surface area contributed by atoms with Crippen LogP contribution in [0, 0.1) is 23.7 Å². The maximum Gasteiger partial charge on any atom is 0.235 e. The van der Waals surface area contributed by atoms with E-state index < -0.39 is 58.3 Å². The Morgan fingerprint density at radius 3 is 2.47 bits per heavy atom. The van der Waals surface area contributed by atoms with Gasteiger partial charge in [0.25, 0.3) is 0 Å². The third-order valence-electron chi connectivity index (χ3n) is 7.95. The molecule has 0 spiro atoms. The van der Waals surface area contributed by atoms with Crippen molar-refractivity contribution < 1.29 is 34.2 Å². The summed E-state index contributed by atoms with van der Waals surface area (Å²) in [6.07, 6.45) is 3.00. The van der Waals surface area contributed by atoms with Crippen molar-refractivity contribution in [3.63, 3.8) is 0 Å². The number of carbonyl (C=O) groups is 5. The van der Waals surface area contributed by atoms with Crippen LogP contribution >= 0.6 is 0 Å². The molecule has 4 N–H and O–H groups in total. The molecule has 0 bridgehead atoms. The second-order valence-corrected chi connectivity index (χ2v) is 10.2. The van der Waals surface area contributed by atoms with Gasteiger partial charge in [-0.15, -0.1) is 0 Å². The van der Waals surface area contributed by atoms with Crippen LogP contribution in [0.5, 0.6) is 5.75 Å². The SMILES string of the molecule is CN(C)c1cc(-c2cncn2C)c(O)c2c1C[C@H]1C[C@H]3CC(=O)C(C(N)=O)C(=O)[C@@]3(O)C(=O)C1C2=O. The Hall–Kier alpha value is -3.86. The van der Waals surface area contributed by atoms with E-state index in [1.54, 1.807) is 43.0 Å². The molecule has 3 aliphatic carbocycles. The van der Waals surface area contributed by atoms with Gasteiger partial charge < -0.3 is 25.4 Å². The van der Waals surface area contributed by atoms with Crippen molar-refractivity contribution in [2.45, 2.75) is 24.9 Å². The van der Waals surface area contributed by atoms with Crippen LogP contribution in [-0.2, 0) is 32.6 Å². The van der Waals surface area contributed by atoms with E-state index >= 15 is 0 Å². The summed E-state index contributed by atoms with van der Waals surface area (Å²) in [6.45, 7) is 0. The first kappa shape index (κ1) is 23.9. The van der Waals surface area contributed by atoms with Crippen LogP contribution in [-0.4, -0.2) is 68.5 Å². The molecule has 1 aromatic carbocycles. The summed E-state index contributed by atoms with van der Waals surface area (Å²) in [7, 11) is 5.33. The van der Waals surface area contributed by atoms with Gasteiger partial charge in [0, 0.05) is 44.7 Å². The highest BCUT2D eigenvalue weighted by atomic mass is 16.3. The van der Waals surface area contributed by atoms with Crippen LogP contribution < -0.4 is 10.6 Å². The van der Waals surface area contributed by atoms with Gasteiger partial charge in [0.1, 0.15) is 5.75 Å². The number of fused-ring (bicyclic) bond motifs is 3. The average molecular weight is 495 g/mol. The van der Waals surface area contributed by atoms with Crippen molar-refractivity contribution in [3.8, 4) is 17.0 Å². The first-order valence-electron chi connectivity index (χ1n) is 11.6. The zero-order chi connectivity index (χ0) is 26.3. The highest BCUT2D eigenvalue weighted by Gasteiger charge is 2.66. The summed E-state index contributed by atoms with van der Waals surface area (Å²) in [5.74, 6) is -10.3. The number of nitrogens with two attached hydrogens (primary N) is 1. The summed E-state index contributed by atoms with van der Waals surface area (Å²) < 4.78 is 1.68. The Bertz CT molecular complexity index is 1380. The Morgan fingerprint density at radius 2 is 1.89 bits per heavy atom. The van der Waals surface area contributed by atoms with E-state index in [0.717, 1.165) is 0 Å². The van der Waals surface area contributed by atoms with E-state index in [2.05, 4.69) is 4.98 Å². The van der Waals surface area contributed by atoms with Crippen molar-refractivity contribution >= 4 is 34.7 Å². The molecule has 11 heteroatoms. The Balaban J connectivity index is 1.67. The number of anilines is 1. The number of hydrogen-bond donors (Lipinski definition) is 3. The van der Waals surface area contributed by atoms with Crippen LogP contribution in [0.3, 0.4) is 0 Å². The topological polar surface area (TPSA) is 173 Å². The quantitative estimate of drug-likeness (QED) is 0.488. The smallest absolute Gasteiger partial charge is 0.235 e. The van der Waals surface area contributed by atoms with E-state index in [9.17, 15) is 34.2 Å². The van der Waals surface area contributed by atoms with Gasteiger partial charge in [0.15, 0.2) is 34.7 Å². The molecular weight excluding hydrogens is 468 g/mol.